The highest BCUT2D eigenvalue weighted by Crippen LogP contribution is 2.30. The first-order valence-corrected chi connectivity index (χ1v) is 14.7. The van der Waals surface area contributed by atoms with E-state index in [0.717, 1.165) is 46.2 Å². The SMILES string of the molecule is CCN(Cc1ccc(C(F)(F)F)cc1)C1CCN(S(=O)c2ccc(CNC(=O)c3cccc(OC)c3)s2)CC1. The third kappa shape index (κ3) is 7.69. The number of amides is 1. The summed E-state index contributed by atoms with van der Waals surface area (Å²) in [5.41, 5.74) is 0.721. The Morgan fingerprint density at radius 3 is 2.49 bits per heavy atom. The first-order chi connectivity index (χ1) is 18.7. The van der Waals surface area contributed by atoms with Crippen LogP contribution in [0.15, 0.2) is 64.9 Å². The Balaban J connectivity index is 1.27. The van der Waals surface area contributed by atoms with E-state index in [9.17, 15) is 22.2 Å². The predicted molar refractivity (Wildman–Crippen MR) is 147 cm³/mol. The summed E-state index contributed by atoms with van der Waals surface area (Å²) >= 11 is 1.42. The quantitative estimate of drug-likeness (QED) is 0.334. The monoisotopic (exact) mass is 579 g/mol. The molecule has 1 aliphatic heterocycles. The maximum Gasteiger partial charge on any atom is 0.416 e. The zero-order valence-corrected chi connectivity index (χ0v) is 23.5. The number of ether oxygens (including phenoxy) is 1. The topological polar surface area (TPSA) is 61.9 Å². The van der Waals surface area contributed by atoms with Crippen LogP contribution in [0.25, 0.3) is 0 Å². The fourth-order valence-electron chi connectivity index (χ4n) is 4.61. The lowest BCUT2D eigenvalue weighted by molar-refractivity contribution is -0.137. The van der Waals surface area contributed by atoms with E-state index in [-0.39, 0.29) is 11.9 Å². The molecule has 0 radical (unpaired) electrons. The van der Waals surface area contributed by atoms with Crippen molar-refractivity contribution in [3.8, 4) is 5.75 Å². The van der Waals surface area contributed by atoms with E-state index in [4.69, 9.17) is 4.74 Å². The van der Waals surface area contributed by atoms with Crippen LogP contribution in [-0.4, -0.2) is 52.1 Å². The second-order valence-corrected chi connectivity index (χ2v) is 12.2. The third-order valence-electron chi connectivity index (χ3n) is 6.81. The Labute approximate surface area is 233 Å². The average molecular weight is 580 g/mol. The number of benzene rings is 2. The van der Waals surface area contributed by atoms with E-state index in [0.29, 0.717) is 37.5 Å². The van der Waals surface area contributed by atoms with Gasteiger partial charge in [0.05, 0.1) is 19.2 Å². The molecular weight excluding hydrogens is 547 g/mol. The Hall–Kier alpha value is -2.73. The minimum atomic E-state index is -4.33. The smallest absolute Gasteiger partial charge is 0.416 e. The van der Waals surface area contributed by atoms with Crippen LogP contribution >= 0.6 is 11.3 Å². The second-order valence-electron chi connectivity index (χ2n) is 9.30. The molecule has 0 aliphatic carbocycles. The third-order valence-corrected chi connectivity index (χ3v) is 9.68. The molecule has 1 amide bonds. The lowest BCUT2D eigenvalue weighted by atomic mass is 10.0. The molecule has 4 rings (SSSR count). The van der Waals surface area contributed by atoms with Gasteiger partial charge >= 0.3 is 6.18 Å². The molecule has 39 heavy (non-hydrogen) atoms. The van der Waals surface area contributed by atoms with Gasteiger partial charge in [0.25, 0.3) is 5.91 Å². The van der Waals surface area contributed by atoms with Crippen LogP contribution in [0.2, 0.25) is 0 Å². The molecule has 210 valence electrons. The van der Waals surface area contributed by atoms with Gasteiger partial charge < -0.3 is 10.1 Å². The Bertz CT molecular complexity index is 1270. The standard InChI is InChI=1S/C28H32F3N3O3S2/c1-3-33(19-20-7-9-22(10-8-20)28(29,30)31)23-13-15-34(16-14-23)39(36)26-12-11-25(38-26)18-32-27(35)21-5-4-6-24(17-21)37-2/h4-12,17,23H,3,13-16,18-19H2,1-2H3,(H,32,35). The number of alkyl halides is 3. The highest BCUT2D eigenvalue weighted by molar-refractivity contribution is 7.85. The van der Waals surface area contributed by atoms with Gasteiger partial charge in [0.15, 0.2) is 0 Å². The molecule has 1 saturated heterocycles. The number of carbonyl (C=O) groups is 1. The molecule has 0 saturated carbocycles. The number of thiophene rings is 1. The van der Waals surface area contributed by atoms with Crippen molar-refractivity contribution in [2.45, 2.75) is 49.3 Å². The summed E-state index contributed by atoms with van der Waals surface area (Å²) in [6.45, 7) is 5.09. The van der Waals surface area contributed by atoms with Crippen molar-refractivity contribution in [3.63, 3.8) is 0 Å². The summed E-state index contributed by atoms with van der Waals surface area (Å²) in [6.07, 6.45) is -2.68. The van der Waals surface area contributed by atoms with E-state index < -0.39 is 22.7 Å². The number of nitrogens with zero attached hydrogens (tertiary/aromatic N) is 2. The largest absolute Gasteiger partial charge is 0.497 e. The normalized spacial score (nSPS) is 15.8. The minimum absolute atomic E-state index is 0.205. The molecule has 2 heterocycles. The van der Waals surface area contributed by atoms with Crippen molar-refractivity contribution >= 4 is 28.2 Å². The highest BCUT2D eigenvalue weighted by atomic mass is 32.2. The minimum Gasteiger partial charge on any atom is -0.497 e. The Morgan fingerprint density at radius 2 is 1.85 bits per heavy atom. The summed E-state index contributed by atoms with van der Waals surface area (Å²) < 4.78 is 59.7. The Kier molecular flexibility index (Phi) is 9.81. The van der Waals surface area contributed by atoms with Gasteiger partial charge in [0, 0.05) is 36.1 Å². The summed E-state index contributed by atoms with van der Waals surface area (Å²) in [4.78, 5) is 15.7. The lowest BCUT2D eigenvalue weighted by Crippen LogP contribution is -2.44. The maximum absolute atomic E-state index is 13.2. The number of rotatable bonds is 10. The van der Waals surface area contributed by atoms with E-state index >= 15 is 0 Å². The van der Waals surface area contributed by atoms with Crippen LogP contribution in [-0.2, 0) is 30.3 Å². The van der Waals surface area contributed by atoms with E-state index in [1.54, 1.807) is 43.5 Å². The molecule has 0 bridgehead atoms. The van der Waals surface area contributed by atoms with Gasteiger partial charge in [-0.25, -0.2) is 8.51 Å². The lowest BCUT2D eigenvalue weighted by Gasteiger charge is -2.37. The molecule has 1 aromatic heterocycles. The second kappa shape index (κ2) is 13.1. The fraction of sp³-hybridized carbons (Fsp3) is 0.393. The van der Waals surface area contributed by atoms with Gasteiger partial charge in [-0.05, 0) is 67.4 Å². The summed E-state index contributed by atoms with van der Waals surface area (Å²) in [7, 11) is 0.266. The Morgan fingerprint density at radius 1 is 1.13 bits per heavy atom. The summed E-state index contributed by atoms with van der Waals surface area (Å²) in [6, 6.07) is 16.3. The van der Waals surface area contributed by atoms with Crippen molar-refractivity contribution in [2.24, 2.45) is 0 Å². The molecule has 1 unspecified atom stereocenters. The molecule has 3 aromatic rings. The van der Waals surface area contributed by atoms with Crippen molar-refractivity contribution in [1.82, 2.24) is 14.5 Å². The van der Waals surface area contributed by atoms with Crippen LogP contribution in [0, 0.1) is 0 Å². The number of carbonyl (C=O) groups excluding carboxylic acids is 1. The molecule has 11 heteroatoms. The fourth-order valence-corrected chi connectivity index (χ4v) is 7.19. The van der Waals surface area contributed by atoms with E-state index in [2.05, 4.69) is 17.1 Å². The highest BCUT2D eigenvalue weighted by Gasteiger charge is 2.31. The zero-order chi connectivity index (χ0) is 28.0. The first kappa shape index (κ1) is 29.3. The number of piperidine rings is 1. The first-order valence-electron chi connectivity index (χ1n) is 12.8. The molecule has 6 nitrogen and oxygen atoms in total. The van der Waals surface area contributed by atoms with Crippen LogP contribution < -0.4 is 10.1 Å². The molecule has 0 spiro atoms. The molecule has 1 N–H and O–H groups in total. The maximum atomic E-state index is 13.2. The molecule has 1 aliphatic rings. The number of hydrogen-bond donors (Lipinski definition) is 1. The van der Waals surface area contributed by atoms with Crippen molar-refractivity contribution < 1.29 is 26.9 Å². The van der Waals surface area contributed by atoms with Crippen LogP contribution in [0.1, 0.15) is 46.1 Å². The van der Waals surface area contributed by atoms with Crippen LogP contribution in [0.4, 0.5) is 13.2 Å². The van der Waals surface area contributed by atoms with Crippen LogP contribution in [0.3, 0.4) is 0 Å². The number of hydrogen-bond acceptors (Lipinski definition) is 5. The molecule has 1 atom stereocenters. The summed E-state index contributed by atoms with van der Waals surface area (Å²) in [5, 5.41) is 2.90. The van der Waals surface area contributed by atoms with Crippen molar-refractivity contribution in [1.29, 1.82) is 0 Å². The van der Waals surface area contributed by atoms with Gasteiger partial charge in [0.2, 0.25) is 0 Å². The zero-order valence-electron chi connectivity index (χ0n) is 21.9. The number of nitrogens with one attached hydrogen (secondary N) is 1. The van der Waals surface area contributed by atoms with Gasteiger partial charge in [-0.3, -0.25) is 9.69 Å². The molecule has 1 fully saturated rings. The van der Waals surface area contributed by atoms with E-state index in [1.807, 2.05) is 16.4 Å². The molecular formula is C28H32F3N3O3S2. The number of methoxy groups -OCH3 is 1. The van der Waals surface area contributed by atoms with Gasteiger partial charge in [-0.15, -0.1) is 11.3 Å². The van der Waals surface area contributed by atoms with Crippen LogP contribution in [0.5, 0.6) is 5.75 Å². The van der Waals surface area contributed by atoms with E-state index in [1.165, 1.54) is 11.3 Å². The molecule has 2 aromatic carbocycles. The predicted octanol–water partition coefficient (Wildman–Crippen LogP) is 5.71. The summed E-state index contributed by atoms with van der Waals surface area (Å²) in [5.74, 6) is 0.408. The average Bonchev–Trinajstić information content (AvgIpc) is 3.43. The van der Waals surface area contributed by atoms with Gasteiger partial charge in [0.1, 0.15) is 20.9 Å². The van der Waals surface area contributed by atoms with Crippen molar-refractivity contribution in [3.05, 3.63) is 82.2 Å². The van der Waals surface area contributed by atoms with Gasteiger partial charge in [-0.1, -0.05) is 25.1 Å². The number of halogens is 3. The van der Waals surface area contributed by atoms with Crippen molar-refractivity contribution in [2.75, 3.05) is 26.7 Å². The van der Waals surface area contributed by atoms with Gasteiger partial charge in [-0.2, -0.15) is 13.2 Å².